The van der Waals surface area contributed by atoms with E-state index in [1.807, 2.05) is 50.3 Å². The van der Waals surface area contributed by atoms with Crippen LogP contribution in [0.25, 0.3) is 6.08 Å². The first-order valence-corrected chi connectivity index (χ1v) is 8.08. The van der Waals surface area contributed by atoms with E-state index in [1.54, 1.807) is 12.1 Å². The molecule has 122 valence electrons. The summed E-state index contributed by atoms with van der Waals surface area (Å²) in [6.45, 7) is 4.40. The van der Waals surface area contributed by atoms with Crippen LogP contribution in [0.15, 0.2) is 54.1 Å². The van der Waals surface area contributed by atoms with Crippen molar-refractivity contribution in [2.24, 2.45) is 0 Å². The molecular weight excluding hydrogens is 322 g/mol. The number of halogens is 1. The van der Waals surface area contributed by atoms with Crippen LogP contribution in [-0.2, 0) is 4.79 Å². The maximum absolute atomic E-state index is 12.1. The predicted molar refractivity (Wildman–Crippen MR) is 98.6 cm³/mol. The topological polar surface area (TPSA) is 38.3 Å². The van der Waals surface area contributed by atoms with E-state index in [0.29, 0.717) is 11.6 Å². The Hall–Kier alpha value is -2.52. The number of nitrogens with one attached hydrogen (secondary N) is 1. The lowest BCUT2D eigenvalue weighted by atomic mass is 10.1. The number of aryl methyl sites for hydroxylation is 2. The van der Waals surface area contributed by atoms with Crippen LogP contribution in [-0.4, -0.2) is 12.5 Å². The van der Waals surface area contributed by atoms with Crippen LogP contribution in [0, 0.1) is 13.8 Å². The van der Waals surface area contributed by atoms with Gasteiger partial charge in [-0.1, -0.05) is 29.8 Å². The molecule has 1 aliphatic rings. The second-order valence-corrected chi connectivity index (χ2v) is 6.27. The lowest BCUT2D eigenvalue weighted by molar-refractivity contribution is -0.111. The zero-order valence-corrected chi connectivity index (χ0v) is 14.4. The summed E-state index contributed by atoms with van der Waals surface area (Å²) < 4.78 is 5.67. The van der Waals surface area contributed by atoms with E-state index in [9.17, 15) is 4.79 Å². The summed E-state index contributed by atoms with van der Waals surface area (Å²) in [6.07, 6.45) is 5.27. The van der Waals surface area contributed by atoms with Gasteiger partial charge in [0.05, 0.1) is 0 Å². The number of anilines is 1. The molecule has 3 nitrogen and oxygen atoms in total. The molecule has 0 unspecified atom stereocenters. The minimum absolute atomic E-state index is 0.165. The average Bonchev–Trinajstić information content (AvgIpc) is 2.56. The van der Waals surface area contributed by atoms with Crippen LogP contribution in [0.1, 0.15) is 16.7 Å². The van der Waals surface area contributed by atoms with Gasteiger partial charge in [0.25, 0.3) is 0 Å². The highest BCUT2D eigenvalue weighted by Gasteiger charge is 2.10. The van der Waals surface area contributed by atoms with E-state index in [2.05, 4.69) is 5.32 Å². The van der Waals surface area contributed by atoms with E-state index in [0.717, 1.165) is 33.7 Å². The third-order valence-corrected chi connectivity index (χ3v) is 4.04. The molecule has 24 heavy (non-hydrogen) atoms. The summed E-state index contributed by atoms with van der Waals surface area (Å²) in [5, 5.41) is 3.56. The maximum Gasteiger partial charge on any atom is 0.248 e. The first kappa shape index (κ1) is 16.3. The molecule has 2 aromatic carbocycles. The Labute approximate surface area is 146 Å². The zero-order valence-electron chi connectivity index (χ0n) is 13.6. The smallest absolute Gasteiger partial charge is 0.248 e. The van der Waals surface area contributed by atoms with Gasteiger partial charge in [-0.05, 0) is 60.9 Å². The van der Waals surface area contributed by atoms with Crippen molar-refractivity contribution < 1.29 is 9.53 Å². The molecule has 0 aromatic heterocycles. The molecule has 4 heteroatoms. The van der Waals surface area contributed by atoms with Gasteiger partial charge < -0.3 is 10.1 Å². The second-order valence-electron chi connectivity index (χ2n) is 5.83. The van der Waals surface area contributed by atoms with Crippen LogP contribution in [0.2, 0.25) is 5.02 Å². The molecule has 2 aromatic rings. The molecule has 1 N–H and O–H groups in total. The molecule has 1 heterocycles. The fourth-order valence-electron chi connectivity index (χ4n) is 2.49. The van der Waals surface area contributed by atoms with Gasteiger partial charge in [0.1, 0.15) is 12.4 Å². The Morgan fingerprint density at radius 1 is 1.21 bits per heavy atom. The van der Waals surface area contributed by atoms with Crippen LogP contribution in [0.5, 0.6) is 5.75 Å². The molecule has 1 amide bonds. The lowest BCUT2D eigenvalue weighted by Gasteiger charge is -2.16. The summed E-state index contributed by atoms with van der Waals surface area (Å²) in [6, 6.07) is 11.5. The fourth-order valence-corrected chi connectivity index (χ4v) is 2.67. The summed E-state index contributed by atoms with van der Waals surface area (Å²) >= 11 is 6.00. The highest BCUT2D eigenvalue weighted by molar-refractivity contribution is 6.30. The number of hydrogen-bond acceptors (Lipinski definition) is 2. The third kappa shape index (κ3) is 3.87. The Morgan fingerprint density at radius 2 is 2.04 bits per heavy atom. The Morgan fingerprint density at radius 3 is 2.88 bits per heavy atom. The van der Waals surface area contributed by atoms with Crippen molar-refractivity contribution >= 4 is 29.3 Å². The second kappa shape index (κ2) is 6.93. The Bertz CT molecular complexity index is 853. The van der Waals surface area contributed by atoms with E-state index < -0.39 is 0 Å². The van der Waals surface area contributed by atoms with Crippen molar-refractivity contribution in [3.8, 4) is 5.75 Å². The fraction of sp³-hybridized carbons (Fsp3) is 0.150. The van der Waals surface area contributed by atoms with Crippen molar-refractivity contribution in [3.63, 3.8) is 0 Å². The van der Waals surface area contributed by atoms with Crippen molar-refractivity contribution in [1.82, 2.24) is 0 Å². The molecule has 0 bridgehead atoms. The minimum atomic E-state index is -0.165. The number of carbonyl (C=O) groups excluding carboxylic acids is 1. The van der Waals surface area contributed by atoms with Crippen molar-refractivity contribution in [1.29, 1.82) is 0 Å². The molecule has 3 rings (SSSR count). The van der Waals surface area contributed by atoms with E-state index in [4.69, 9.17) is 16.3 Å². The number of carbonyl (C=O) groups is 1. The molecular formula is C20H18ClNO2. The predicted octanol–water partition coefficient (Wildman–Crippen LogP) is 4.93. The quantitative estimate of drug-likeness (QED) is 0.805. The van der Waals surface area contributed by atoms with Gasteiger partial charge in [0.2, 0.25) is 5.91 Å². The van der Waals surface area contributed by atoms with Crippen molar-refractivity contribution in [3.05, 3.63) is 75.8 Å². The minimum Gasteiger partial charge on any atom is -0.488 e. The molecule has 1 aliphatic heterocycles. The Balaban J connectivity index is 1.72. The average molecular weight is 340 g/mol. The zero-order chi connectivity index (χ0) is 17.1. The van der Waals surface area contributed by atoms with Crippen LogP contribution >= 0.6 is 11.6 Å². The number of fused-ring (bicyclic) bond motifs is 1. The SMILES string of the molecule is Cc1ccc(C)c(NC(=O)/C=C/C2=Cc3cc(Cl)ccc3OC2)c1. The van der Waals surface area contributed by atoms with Crippen LogP contribution in [0.4, 0.5) is 5.69 Å². The Kier molecular flexibility index (Phi) is 4.72. The largest absolute Gasteiger partial charge is 0.488 e. The van der Waals surface area contributed by atoms with Gasteiger partial charge in [-0.3, -0.25) is 4.79 Å². The molecule has 0 aliphatic carbocycles. The van der Waals surface area contributed by atoms with Gasteiger partial charge in [-0.15, -0.1) is 0 Å². The first-order valence-electron chi connectivity index (χ1n) is 7.70. The molecule has 0 fully saturated rings. The summed E-state index contributed by atoms with van der Waals surface area (Å²) in [5.41, 5.74) is 4.81. The van der Waals surface area contributed by atoms with Gasteiger partial charge in [0, 0.05) is 22.3 Å². The van der Waals surface area contributed by atoms with Gasteiger partial charge >= 0.3 is 0 Å². The monoisotopic (exact) mass is 339 g/mol. The first-order chi connectivity index (χ1) is 11.5. The molecule has 0 saturated heterocycles. The summed E-state index contributed by atoms with van der Waals surface area (Å²) in [4.78, 5) is 12.1. The molecule has 0 atom stereocenters. The van der Waals surface area contributed by atoms with Crippen LogP contribution < -0.4 is 10.1 Å². The van der Waals surface area contributed by atoms with E-state index in [-0.39, 0.29) is 5.91 Å². The van der Waals surface area contributed by atoms with Gasteiger partial charge in [-0.2, -0.15) is 0 Å². The molecule has 0 radical (unpaired) electrons. The number of benzene rings is 2. The van der Waals surface area contributed by atoms with Gasteiger partial charge in [0.15, 0.2) is 0 Å². The van der Waals surface area contributed by atoms with E-state index in [1.165, 1.54) is 6.08 Å². The van der Waals surface area contributed by atoms with Crippen molar-refractivity contribution in [2.45, 2.75) is 13.8 Å². The maximum atomic E-state index is 12.1. The summed E-state index contributed by atoms with van der Waals surface area (Å²) in [7, 11) is 0. The standard InChI is InChI=1S/C20H18ClNO2/c1-13-3-4-14(2)18(9-13)22-20(23)8-5-15-10-16-11-17(21)6-7-19(16)24-12-15/h3-11H,12H2,1-2H3,(H,22,23)/b8-5+. The molecule has 0 spiro atoms. The number of hydrogen-bond donors (Lipinski definition) is 1. The number of amides is 1. The number of ether oxygens (including phenoxy) is 1. The third-order valence-electron chi connectivity index (χ3n) is 3.81. The normalized spacial score (nSPS) is 13.2. The molecule has 0 saturated carbocycles. The van der Waals surface area contributed by atoms with Crippen molar-refractivity contribution in [2.75, 3.05) is 11.9 Å². The highest BCUT2D eigenvalue weighted by Crippen LogP contribution is 2.29. The van der Waals surface area contributed by atoms with Gasteiger partial charge in [-0.25, -0.2) is 0 Å². The van der Waals surface area contributed by atoms with Crippen LogP contribution in [0.3, 0.4) is 0 Å². The highest BCUT2D eigenvalue weighted by atomic mass is 35.5. The van der Waals surface area contributed by atoms with E-state index >= 15 is 0 Å². The number of rotatable bonds is 3. The summed E-state index contributed by atoms with van der Waals surface area (Å²) in [5.74, 6) is 0.637. The lowest BCUT2D eigenvalue weighted by Crippen LogP contribution is -2.10.